The topological polar surface area (TPSA) is 69.6 Å². The smallest absolute Gasteiger partial charge is 0.234 e. The van der Waals surface area contributed by atoms with Crippen LogP contribution < -0.4 is 5.32 Å². The second kappa shape index (κ2) is 6.85. The van der Waals surface area contributed by atoms with Crippen molar-refractivity contribution in [2.75, 3.05) is 19.7 Å². The Morgan fingerprint density at radius 3 is 2.61 bits per heavy atom. The second-order valence-corrected chi connectivity index (χ2v) is 5.35. The molecule has 0 bridgehead atoms. The maximum Gasteiger partial charge on any atom is 0.234 e. The minimum Gasteiger partial charge on any atom is -0.395 e. The fourth-order valence-corrected chi connectivity index (χ4v) is 2.45. The molecule has 0 saturated carbocycles. The summed E-state index contributed by atoms with van der Waals surface area (Å²) >= 11 is 0. The molecule has 2 N–H and O–H groups in total. The lowest BCUT2D eigenvalue weighted by atomic mass is 10.0. The van der Waals surface area contributed by atoms with Gasteiger partial charge in [-0.15, -0.1) is 0 Å². The number of ketones is 1. The van der Waals surface area contributed by atoms with Crippen molar-refractivity contribution in [2.24, 2.45) is 5.92 Å². The Labute approximate surface area is 109 Å². The molecule has 0 aromatic heterocycles. The summed E-state index contributed by atoms with van der Waals surface area (Å²) in [6.07, 6.45) is 1.95. The van der Waals surface area contributed by atoms with Crippen molar-refractivity contribution < 1.29 is 14.7 Å². The van der Waals surface area contributed by atoms with Crippen LogP contribution in [0.4, 0.5) is 0 Å². The normalized spacial score (nSPS) is 22.2. The number of carbonyl (C=O) groups excluding carboxylic acids is 2. The molecule has 0 aromatic carbocycles. The van der Waals surface area contributed by atoms with Gasteiger partial charge in [0.25, 0.3) is 0 Å². The highest BCUT2D eigenvalue weighted by Crippen LogP contribution is 2.15. The van der Waals surface area contributed by atoms with E-state index in [2.05, 4.69) is 5.32 Å². The molecule has 0 spiro atoms. The van der Waals surface area contributed by atoms with Crippen molar-refractivity contribution in [3.05, 3.63) is 0 Å². The summed E-state index contributed by atoms with van der Waals surface area (Å²) in [6, 6.07) is -0.321. The maximum atomic E-state index is 11.9. The van der Waals surface area contributed by atoms with Crippen molar-refractivity contribution >= 4 is 11.7 Å². The molecule has 1 rings (SSSR count). The summed E-state index contributed by atoms with van der Waals surface area (Å²) in [6.45, 7) is 6.52. The SMILES string of the molecule is CC(=O)C(NC(=O)CN1CCC[C@H]1CO)C(C)C. The van der Waals surface area contributed by atoms with E-state index in [4.69, 9.17) is 0 Å². The molecule has 2 atom stereocenters. The largest absolute Gasteiger partial charge is 0.395 e. The third kappa shape index (κ3) is 4.07. The van der Waals surface area contributed by atoms with Crippen molar-refractivity contribution in [1.82, 2.24) is 10.2 Å². The summed E-state index contributed by atoms with van der Waals surface area (Å²) in [7, 11) is 0. The maximum absolute atomic E-state index is 11.9. The first-order chi connectivity index (χ1) is 8.45. The first-order valence-electron chi connectivity index (χ1n) is 6.60. The van der Waals surface area contributed by atoms with Crippen molar-refractivity contribution in [3.63, 3.8) is 0 Å². The molecular formula is C13H24N2O3. The first kappa shape index (κ1) is 15.1. The first-order valence-corrected chi connectivity index (χ1v) is 6.60. The van der Waals surface area contributed by atoms with Crippen molar-refractivity contribution in [2.45, 2.75) is 45.7 Å². The van der Waals surface area contributed by atoms with Gasteiger partial charge < -0.3 is 10.4 Å². The van der Waals surface area contributed by atoms with Gasteiger partial charge in [-0.05, 0) is 32.2 Å². The minimum atomic E-state index is -0.410. The fraction of sp³-hybridized carbons (Fsp3) is 0.846. The fourth-order valence-electron chi connectivity index (χ4n) is 2.45. The lowest BCUT2D eigenvalue weighted by Gasteiger charge is -2.24. The average molecular weight is 256 g/mol. The number of hydrogen-bond acceptors (Lipinski definition) is 4. The number of hydrogen-bond donors (Lipinski definition) is 2. The van der Waals surface area contributed by atoms with Crippen LogP contribution in [0, 0.1) is 5.92 Å². The molecule has 0 radical (unpaired) electrons. The molecule has 1 amide bonds. The third-order valence-electron chi connectivity index (χ3n) is 3.48. The Morgan fingerprint density at radius 1 is 1.44 bits per heavy atom. The molecule has 0 aliphatic carbocycles. The summed E-state index contributed by atoms with van der Waals surface area (Å²) in [5.74, 6) is -0.0543. The molecule has 5 heteroatoms. The summed E-state index contributed by atoms with van der Waals surface area (Å²) in [4.78, 5) is 25.3. The highest BCUT2D eigenvalue weighted by Gasteiger charge is 2.27. The lowest BCUT2D eigenvalue weighted by Crippen LogP contribution is -2.48. The number of nitrogens with zero attached hydrogens (tertiary/aromatic N) is 1. The van der Waals surface area contributed by atoms with Gasteiger partial charge in [0.15, 0.2) is 5.78 Å². The second-order valence-electron chi connectivity index (χ2n) is 5.35. The van der Waals surface area contributed by atoms with Crippen molar-refractivity contribution in [1.29, 1.82) is 0 Å². The Hall–Kier alpha value is -0.940. The third-order valence-corrected chi connectivity index (χ3v) is 3.48. The van der Waals surface area contributed by atoms with Gasteiger partial charge in [0.05, 0.1) is 19.2 Å². The molecule has 0 aromatic rings. The van der Waals surface area contributed by atoms with Gasteiger partial charge in [-0.1, -0.05) is 13.8 Å². The molecule has 1 saturated heterocycles. The highest BCUT2D eigenvalue weighted by atomic mass is 16.3. The Balaban J connectivity index is 2.47. The lowest BCUT2D eigenvalue weighted by molar-refractivity contribution is -0.128. The van der Waals surface area contributed by atoms with E-state index in [-0.39, 0.29) is 36.8 Å². The molecule has 104 valence electrons. The van der Waals surface area contributed by atoms with E-state index in [1.165, 1.54) is 6.92 Å². The Kier molecular flexibility index (Phi) is 5.75. The zero-order valence-corrected chi connectivity index (χ0v) is 11.5. The van der Waals surface area contributed by atoms with Crippen LogP contribution in [-0.4, -0.2) is 53.5 Å². The molecule has 1 aliphatic rings. The van der Waals surface area contributed by atoms with Gasteiger partial charge in [0, 0.05) is 6.04 Å². The van der Waals surface area contributed by atoms with Gasteiger partial charge in [0.1, 0.15) is 0 Å². The Morgan fingerprint density at radius 2 is 2.11 bits per heavy atom. The van der Waals surface area contributed by atoms with Gasteiger partial charge in [0.2, 0.25) is 5.91 Å². The predicted molar refractivity (Wildman–Crippen MR) is 69.1 cm³/mol. The summed E-state index contributed by atoms with van der Waals surface area (Å²) in [5, 5.41) is 12.0. The average Bonchev–Trinajstić information content (AvgIpc) is 2.72. The monoisotopic (exact) mass is 256 g/mol. The van der Waals surface area contributed by atoms with E-state index in [0.29, 0.717) is 0 Å². The van der Waals surface area contributed by atoms with Crippen molar-refractivity contribution in [3.8, 4) is 0 Å². The number of aliphatic hydroxyl groups is 1. The van der Waals surface area contributed by atoms with E-state index in [0.717, 1.165) is 19.4 Å². The summed E-state index contributed by atoms with van der Waals surface area (Å²) in [5.41, 5.74) is 0. The van der Waals surface area contributed by atoms with Crippen LogP contribution in [0.3, 0.4) is 0 Å². The quantitative estimate of drug-likeness (QED) is 0.711. The highest BCUT2D eigenvalue weighted by molar-refractivity contribution is 5.88. The minimum absolute atomic E-state index is 0.0153. The number of aliphatic hydroxyl groups excluding tert-OH is 1. The number of amides is 1. The predicted octanol–water partition coefficient (Wildman–Crippen LogP) is 0.173. The molecule has 1 fully saturated rings. The number of carbonyl (C=O) groups is 2. The number of nitrogens with one attached hydrogen (secondary N) is 1. The van der Waals surface area contributed by atoms with Gasteiger partial charge in [-0.25, -0.2) is 0 Å². The molecule has 1 heterocycles. The number of rotatable bonds is 6. The summed E-state index contributed by atoms with van der Waals surface area (Å²) < 4.78 is 0. The van der Waals surface area contributed by atoms with E-state index in [1.807, 2.05) is 18.7 Å². The number of Topliss-reactive ketones (excluding diaryl/α,β-unsaturated/α-hetero) is 1. The molecule has 1 unspecified atom stereocenters. The van der Waals surface area contributed by atoms with Crippen LogP contribution >= 0.6 is 0 Å². The van der Waals surface area contributed by atoms with Crippen LogP contribution in [0.2, 0.25) is 0 Å². The van der Waals surface area contributed by atoms with Gasteiger partial charge >= 0.3 is 0 Å². The molecular weight excluding hydrogens is 232 g/mol. The van der Waals surface area contributed by atoms with E-state index in [1.54, 1.807) is 0 Å². The standard InChI is InChI=1S/C13H24N2O3/c1-9(2)13(10(3)17)14-12(18)7-15-6-4-5-11(15)8-16/h9,11,13,16H,4-8H2,1-3H3,(H,14,18)/t11-,13?/m0/s1. The molecule has 18 heavy (non-hydrogen) atoms. The van der Waals surface area contributed by atoms with Crippen LogP contribution in [0.1, 0.15) is 33.6 Å². The van der Waals surface area contributed by atoms with E-state index < -0.39 is 6.04 Å². The van der Waals surface area contributed by atoms with Crippen LogP contribution in [0.5, 0.6) is 0 Å². The Bertz CT molecular complexity index is 305. The number of likely N-dealkylation sites (tertiary alicyclic amines) is 1. The van der Waals surface area contributed by atoms with Crippen LogP contribution in [-0.2, 0) is 9.59 Å². The zero-order valence-electron chi connectivity index (χ0n) is 11.5. The van der Waals surface area contributed by atoms with Crippen LogP contribution in [0.25, 0.3) is 0 Å². The van der Waals surface area contributed by atoms with Gasteiger partial charge in [-0.2, -0.15) is 0 Å². The molecule has 1 aliphatic heterocycles. The van der Waals surface area contributed by atoms with E-state index >= 15 is 0 Å². The van der Waals surface area contributed by atoms with E-state index in [9.17, 15) is 14.7 Å². The van der Waals surface area contributed by atoms with Gasteiger partial charge in [-0.3, -0.25) is 14.5 Å². The zero-order chi connectivity index (χ0) is 13.7. The molecule has 5 nitrogen and oxygen atoms in total. The van der Waals surface area contributed by atoms with Crippen LogP contribution in [0.15, 0.2) is 0 Å².